The fourth-order valence-electron chi connectivity index (χ4n) is 4.97. The Morgan fingerprint density at radius 3 is 2.53 bits per heavy atom. The van der Waals surface area contributed by atoms with E-state index in [2.05, 4.69) is 4.98 Å². The molecule has 2 aromatic carbocycles. The van der Waals surface area contributed by atoms with Crippen LogP contribution in [0.25, 0.3) is 0 Å². The van der Waals surface area contributed by atoms with Crippen molar-refractivity contribution in [3.63, 3.8) is 0 Å². The molecular formula is C32H33Cl2F2N3O5S. The number of nitrogens with zero attached hydrogens (tertiary/aromatic N) is 3. The number of pyridine rings is 1. The van der Waals surface area contributed by atoms with Crippen LogP contribution in [-0.4, -0.2) is 71.6 Å². The Balaban J connectivity index is 1.42. The van der Waals surface area contributed by atoms with E-state index in [9.17, 15) is 18.4 Å². The third kappa shape index (κ3) is 8.78. The van der Waals surface area contributed by atoms with Crippen LogP contribution in [0, 0.1) is 5.92 Å². The highest BCUT2D eigenvalue weighted by molar-refractivity contribution is 8.00. The number of rotatable bonds is 13. The second-order valence-electron chi connectivity index (χ2n) is 11.2. The number of thioether (sulfide) groups is 1. The zero-order valence-electron chi connectivity index (χ0n) is 24.8. The van der Waals surface area contributed by atoms with Crippen LogP contribution >= 0.6 is 35.0 Å². The van der Waals surface area contributed by atoms with E-state index in [-0.39, 0.29) is 33.9 Å². The first-order chi connectivity index (χ1) is 21.6. The molecule has 3 aromatic rings. The van der Waals surface area contributed by atoms with Crippen molar-refractivity contribution in [2.24, 2.45) is 5.92 Å². The molecule has 1 aliphatic carbocycles. The Morgan fingerprint density at radius 2 is 1.84 bits per heavy atom. The van der Waals surface area contributed by atoms with E-state index < -0.39 is 24.1 Å². The molecule has 13 heteroatoms. The maximum Gasteiger partial charge on any atom is 0.387 e. The van der Waals surface area contributed by atoms with Gasteiger partial charge in [0.05, 0.1) is 16.7 Å². The van der Waals surface area contributed by atoms with Crippen LogP contribution < -0.4 is 9.47 Å². The number of hydrogen-bond donors (Lipinski definition) is 0. The van der Waals surface area contributed by atoms with Gasteiger partial charge >= 0.3 is 12.6 Å². The van der Waals surface area contributed by atoms with Gasteiger partial charge in [0.1, 0.15) is 6.10 Å². The number of amides is 1. The standard InChI is InChI=1S/C32H33Cl2F2N3O5S/c1-38(2)17-20-4-3-5-22(12-20)29(40)39-10-11-45-30(39)31(41)43-27(14-23-24(33)15-37-16-25(23)34)21-8-9-26(44-32(35)36)28(13-21)42-18-19-6-7-19/h3-5,8-9,12-13,15-16,19,27,30,32H,6-7,10-11,14,17-18H2,1-2H3/t27-,30?/m0/s1. The molecule has 5 rings (SSSR count). The lowest BCUT2D eigenvalue weighted by Gasteiger charge is -2.26. The number of aromatic nitrogens is 1. The molecule has 1 aliphatic heterocycles. The highest BCUT2D eigenvalue weighted by Gasteiger charge is 2.38. The predicted molar refractivity (Wildman–Crippen MR) is 169 cm³/mol. The monoisotopic (exact) mass is 679 g/mol. The number of carbonyl (C=O) groups is 2. The molecule has 1 aromatic heterocycles. The summed E-state index contributed by atoms with van der Waals surface area (Å²) >= 11 is 14.2. The molecule has 8 nitrogen and oxygen atoms in total. The van der Waals surface area contributed by atoms with Crippen molar-refractivity contribution in [2.75, 3.05) is 33.0 Å². The van der Waals surface area contributed by atoms with Crippen LogP contribution in [0.2, 0.25) is 10.0 Å². The van der Waals surface area contributed by atoms with Crippen molar-refractivity contribution in [1.29, 1.82) is 0 Å². The summed E-state index contributed by atoms with van der Waals surface area (Å²) in [6.45, 7) is -1.67. The van der Waals surface area contributed by atoms with Crippen LogP contribution in [0.5, 0.6) is 11.5 Å². The van der Waals surface area contributed by atoms with Gasteiger partial charge in [-0.15, -0.1) is 11.8 Å². The lowest BCUT2D eigenvalue weighted by atomic mass is 10.0. The van der Waals surface area contributed by atoms with Crippen molar-refractivity contribution in [2.45, 2.75) is 43.9 Å². The van der Waals surface area contributed by atoms with Crippen molar-refractivity contribution >= 4 is 46.8 Å². The van der Waals surface area contributed by atoms with Crippen LogP contribution in [0.1, 0.15) is 46.0 Å². The van der Waals surface area contributed by atoms with E-state index >= 15 is 0 Å². The summed E-state index contributed by atoms with van der Waals surface area (Å²) in [6, 6.07) is 11.8. The Kier molecular flexibility index (Phi) is 11.1. The van der Waals surface area contributed by atoms with Gasteiger partial charge in [0, 0.05) is 43.2 Å². The molecule has 1 saturated heterocycles. The lowest BCUT2D eigenvalue weighted by molar-refractivity contribution is -0.151. The minimum absolute atomic E-state index is 0.0565. The quantitative estimate of drug-likeness (QED) is 0.181. The second-order valence-corrected chi connectivity index (χ2v) is 13.2. The zero-order valence-corrected chi connectivity index (χ0v) is 27.1. The van der Waals surface area contributed by atoms with Gasteiger partial charge in [-0.05, 0) is 73.8 Å². The smallest absolute Gasteiger partial charge is 0.387 e. The van der Waals surface area contributed by atoms with Crippen LogP contribution in [0.3, 0.4) is 0 Å². The largest absolute Gasteiger partial charge is 0.489 e. The molecule has 2 fully saturated rings. The highest BCUT2D eigenvalue weighted by Crippen LogP contribution is 2.39. The van der Waals surface area contributed by atoms with Crippen molar-refractivity contribution in [3.8, 4) is 11.5 Å². The number of alkyl halides is 2. The van der Waals surface area contributed by atoms with Gasteiger partial charge in [-0.2, -0.15) is 8.78 Å². The van der Waals surface area contributed by atoms with Crippen LogP contribution in [0.4, 0.5) is 8.78 Å². The van der Waals surface area contributed by atoms with E-state index in [1.807, 2.05) is 37.2 Å². The van der Waals surface area contributed by atoms with Gasteiger partial charge in [-0.3, -0.25) is 9.78 Å². The Morgan fingerprint density at radius 1 is 1.09 bits per heavy atom. The van der Waals surface area contributed by atoms with E-state index in [0.717, 1.165) is 18.4 Å². The fraction of sp³-hybridized carbons (Fsp3) is 0.406. The molecule has 0 bridgehead atoms. The summed E-state index contributed by atoms with van der Waals surface area (Å²) in [5.41, 5.74) is 2.40. The third-order valence-electron chi connectivity index (χ3n) is 7.35. The topological polar surface area (TPSA) is 81.2 Å². The number of hydrogen-bond acceptors (Lipinski definition) is 8. The molecule has 0 spiro atoms. The van der Waals surface area contributed by atoms with Gasteiger partial charge in [-0.1, -0.05) is 41.4 Å². The summed E-state index contributed by atoms with van der Waals surface area (Å²) in [7, 11) is 3.89. The fourth-order valence-corrected chi connectivity index (χ4v) is 6.59. The number of halogens is 4. The van der Waals surface area contributed by atoms with Crippen LogP contribution in [0.15, 0.2) is 54.9 Å². The SMILES string of the molecule is CN(C)Cc1cccc(C(=O)N2CCSC2C(=O)O[C@@H](Cc2c(Cl)cncc2Cl)c2ccc(OC(F)F)c(OCC3CC3)c2)c1. The van der Waals surface area contributed by atoms with Gasteiger partial charge in [0.25, 0.3) is 5.91 Å². The van der Waals surface area contributed by atoms with Crippen molar-refractivity contribution in [3.05, 3.63) is 87.2 Å². The molecule has 2 heterocycles. The second kappa shape index (κ2) is 15.0. The summed E-state index contributed by atoms with van der Waals surface area (Å²) in [5.74, 6) is -0.0217. The third-order valence-corrected chi connectivity index (χ3v) is 9.19. The predicted octanol–water partition coefficient (Wildman–Crippen LogP) is 6.88. The average molecular weight is 681 g/mol. The van der Waals surface area contributed by atoms with Gasteiger partial charge < -0.3 is 24.0 Å². The Bertz CT molecular complexity index is 1510. The molecule has 2 atom stereocenters. The first-order valence-electron chi connectivity index (χ1n) is 14.4. The van der Waals surface area contributed by atoms with Crippen molar-refractivity contribution < 1.29 is 32.6 Å². The number of carbonyl (C=O) groups excluding carboxylic acids is 2. The van der Waals surface area contributed by atoms with E-state index in [0.29, 0.717) is 48.1 Å². The zero-order chi connectivity index (χ0) is 32.1. The van der Waals surface area contributed by atoms with Crippen molar-refractivity contribution in [1.82, 2.24) is 14.8 Å². The molecule has 1 amide bonds. The van der Waals surface area contributed by atoms with Gasteiger partial charge in [0.2, 0.25) is 0 Å². The first kappa shape index (κ1) is 33.2. The molecule has 1 saturated carbocycles. The summed E-state index contributed by atoms with van der Waals surface area (Å²) in [5, 5.41) is -0.347. The number of esters is 1. The highest BCUT2D eigenvalue weighted by atomic mass is 35.5. The first-order valence-corrected chi connectivity index (χ1v) is 16.3. The average Bonchev–Trinajstić information content (AvgIpc) is 3.70. The number of benzene rings is 2. The lowest BCUT2D eigenvalue weighted by Crippen LogP contribution is -2.40. The normalized spacial score (nSPS) is 17.1. The summed E-state index contributed by atoms with van der Waals surface area (Å²) < 4.78 is 43.0. The van der Waals surface area contributed by atoms with Gasteiger partial charge in [-0.25, -0.2) is 4.79 Å². The molecule has 0 radical (unpaired) electrons. The van der Waals surface area contributed by atoms with Crippen LogP contribution in [-0.2, 0) is 22.5 Å². The molecule has 0 N–H and O–H groups in total. The molecular weight excluding hydrogens is 647 g/mol. The molecule has 45 heavy (non-hydrogen) atoms. The molecule has 2 aliphatic rings. The minimum Gasteiger partial charge on any atom is -0.489 e. The molecule has 240 valence electrons. The minimum atomic E-state index is -3.05. The van der Waals surface area contributed by atoms with E-state index in [1.54, 1.807) is 6.07 Å². The van der Waals surface area contributed by atoms with Gasteiger partial charge in [0.15, 0.2) is 16.9 Å². The Hall–Kier alpha value is -3.12. The van der Waals surface area contributed by atoms with E-state index in [1.165, 1.54) is 47.3 Å². The van der Waals surface area contributed by atoms with E-state index in [4.69, 9.17) is 37.4 Å². The maximum absolute atomic E-state index is 13.8. The maximum atomic E-state index is 13.8. The molecule has 1 unspecified atom stereocenters. The summed E-state index contributed by atoms with van der Waals surface area (Å²) in [6.07, 6.45) is 3.96. The summed E-state index contributed by atoms with van der Waals surface area (Å²) in [4.78, 5) is 34.9. The Labute approximate surface area is 274 Å². The number of ether oxygens (including phenoxy) is 3.